The number of carbonyl (C=O) groups excluding carboxylic acids is 1. The first kappa shape index (κ1) is 12.3. The van der Waals surface area contributed by atoms with Gasteiger partial charge in [0.2, 0.25) is 0 Å². The normalized spacial score (nSPS) is 26.9. The minimum Gasteiger partial charge on any atom is -0.444 e. The Hall–Kier alpha value is -0.770. The molecule has 2 N–H and O–H groups in total. The van der Waals surface area contributed by atoms with Crippen LogP contribution in [0.5, 0.6) is 0 Å². The average Bonchev–Trinajstić information content (AvgIpc) is 2.43. The van der Waals surface area contributed by atoms with E-state index in [9.17, 15) is 4.79 Å². The Labute approximate surface area is 91.8 Å². The average molecular weight is 214 g/mol. The zero-order valence-electron chi connectivity index (χ0n) is 10.1. The smallest absolute Gasteiger partial charge is 0.410 e. The lowest BCUT2D eigenvalue weighted by Crippen LogP contribution is -2.40. The lowest BCUT2D eigenvalue weighted by Gasteiger charge is -2.28. The summed E-state index contributed by atoms with van der Waals surface area (Å²) >= 11 is 0. The van der Waals surface area contributed by atoms with E-state index in [1.807, 2.05) is 27.7 Å². The highest BCUT2D eigenvalue weighted by Crippen LogP contribution is 2.24. The molecule has 0 saturated carbocycles. The Balaban J connectivity index is 2.55. The molecule has 0 unspecified atom stereocenters. The highest BCUT2D eigenvalue weighted by atomic mass is 16.6. The molecule has 15 heavy (non-hydrogen) atoms. The van der Waals surface area contributed by atoms with Crippen LogP contribution in [-0.4, -0.2) is 35.7 Å². The molecule has 1 saturated heterocycles. The molecule has 88 valence electrons. The number of likely N-dealkylation sites (tertiary alicyclic amines) is 1. The van der Waals surface area contributed by atoms with E-state index in [-0.39, 0.29) is 12.1 Å². The van der Waals surface area contributed by atoms with Crippen molar-refractivity contribution in [3.8, 4) is 0 Å². The number of nitrogens with two attached hydrogens (primary N) is 1. The maximum atomic E-state index is 11.8. The van der Waals surface area contributed by atoms with Crippen LogP contribution in [0.3, 0.4) is 0 Å². The summed E-state index contributed by atoms with van der Waals surface area (Å²) in [6, 6.07) is 0.199. The van der Waals surface area contributed by atoms with Crippen LogP contribution in [0.1, 0.15) is 34.1 Å². The summed E-state index contributed by atoms with van der Waals surface area (Å²) in [6.45, 7) is 9.08. The number of nitrogens with zero attached hydrogens (tertiary/aromatic N) is 1. The van der Waals surface area contributed by atoms with Crippen LogP contribution in [-0.2, 0) is 4.74 Å². The molecule has 1 aliphatic heterocycles. The first-order valence-corrected chi connectivity index (χ1v) is 5.55. The minimum absolute atomic E-state index is 0.199. The molecular weight excluding hydrogens is 192 g/mol. The Bertz CT molecular complexity index is 235. The van der Waals surface area contributed by atoms with E-state index in [0.717, 1.165) is 13.0 Å². The summed E-state index contributed by atoms with van der Waals surface area (Å²) in [4.78, 5) is 13.6. The second kappa shape index (κ2) is 4.39. The lowest BCUT2D eigenvalue weighted by atomic mass is 10.0. The third kappa shape index (κ3) is 3.09. The van der Waals surface area contributed by atoms with Gasteiger partial charge in [0.05, 0.1) is 0 Å². The SMILES string of the molecule is C[C@@H]1[C@H](CN)CCN1C(=O)OC(C)(C)C. The van der Waals surface area contributed by atoms with Gasteiger partial charge < -0.3 is 15.4 Å². The quantitative estimate of drug-likeness (QED) is 0.721. The van der Waals surface area contributed by atoms with Gasteiger partial charge in [0, 0.05) is 12.6 Å². The Kier molecular flexibility index (Phi) is 3.60. The largest absolute Gasteiger partial charge is 0.444 e. The molecule has 4 heteroatoms. The van der Waals surface area contributed by atoms with Crippen LogP contribution in [0.4, 0.5) is 4.79 Å². The molecule has 0 radical (unpaired) electrons. The maximum absolute atomic E-state index is 11.8. The van der Waals surface area contributed by atoms with Crippen molar-refractivity contribution in [1.29, 1.82) is 0 Å². The van der Waals surface area contributed by atoms with Crippen molar-refractivity contribution in [2.45, 2.75) is 45.8 Å². The van der Waals surface area contributed by atoms with Crippen molar-refractivity contribution in [3.05, 3.63) is 0 Å². The fraction of sp³-hybridized carbons (Fsp3) is 0.909. The molecular formula is C11H22N2O2. The summed E-state index contributed by atoms with van der Waals surface area (Å²) in [5.74, 6) is 0.414. The molecule has 0 aromatic rings. The second-order valence-corrected chi connectivity index (χ2v) is 5.20. The van der Waals surface area contributed by atoms with Gasteiger partial charge in [-0.15, -0.1) is 0 Å². The van der Waals surface area contributed by atoms with Crippen LogP contribution < -0.4 is 5.73 Å². The van der Waals surface area contributed by atoms with Crippen LogP contribution in [0.25, 0.3) is 0 Å². The van der Waals surface area contributed by atoms with Crippen LogP contribution in [0.15, 0.2) is 0 Å². The molecule has 0 spiro atoms. The Morgan fingerprint density at radius 3 is 2.53 bits per heavy atom. The predicted molar refractivity (Wildman–Crippen MR) is 59.6 cm³/mol. The monoisotopic (exact) mass is 214 g/mol. The van der Waals surface area contributed by atoms with Crippen molar-refractivity contribution in [1.82, 2.24) is 4.90 Å². The highest BCUT2D eigenvalue weighted by Gasteiger charge is 2.35. The molecule has 1 fully saturated rings. The third-order valence-corrected chi connectivity index (χ3v) is 2.85. The predicted octanol–water partition coefficient (Wildman–Crippen LogP) is 1.59. The maximum Gasteiger partial charge on any atom is 0.410 e. The number of ether oxygens (including phenoxy) is 1. The van der Waals surface area contributed by atoms with E-state index < -0.39 is 5.60 Å². The van der Waals surface area contributed by atoms with Crippen LogP contribution in [0, 0.1) is 5.92 Å². The van der Waals surface area contributed by atoms with Crippen LogP contribution >= 0.6 is 0 Å². The molecule has 0 aromatic heterocycles. The third-order valence-electron chi connectivity index (χ3n) is 2.85. The Morgan fingerprint density at radius 2 is 2.13 bits per heavy atom. The minimum atomic E-state index is -0.419. The summed E-state index contributed by atoms with van der Waals surface area (Å²) < 4.78 is 5.33. The molecule has 1 heterocycles. The number of hydrogen-bond donors (Lipinski definition) is 1. The van der Waals surface area contributed by atoms with E-state index in [2.05, 4.69) is 0 Å². The van der Waals surface area contributed by atoms with E-state index >= 15 is 0 Å². The first-order valence-electron chi connectivity index (χ1n) is 5.55. The molecule has 4 nitrogen and oxygen atoms in total. The van der Waals surface area contributed by atoms with E-state index in [0.29, 0.717) is 12.5 Å². The summed E-state index contributed by atoms with van der Waals surface area (Å²) in [5, 5.41) is 0. The van der Waals surface area contributed by atoms with Gasteiger partial charge in [0.25, 0.3) is 0 Å². The lowest BCUT2D eigenvalue weighted by molar-refractivity contribution is 0.0224. The molecule has 1 amide bonds. The topological polar surface area (TPSA) is 55.6 Å². The summed E-state index contributed by atoms with van der Waals surface area (Å²) in [7, 11) is 0. The molecule has 0 aromatic carbocycles. The standard InChI is InChI=1S/C11H22N2O2/c1-8-9(7-12)5-6-13(8)10(14)15-11(2,3)4/h8-9H,5-7,12H2,1-4H3/t8-,9+/m1/s1. The van der Waals surface area contributed by atoms with Crippen molar-refractivity contribution in [2.75, 3.05) is 13.1 Å². The van der Waals surface area contributed by atoms with E-state index in [4.69, 9.17) is 10.5 Å². The fourth-order valence-corrected chi connectivity index (χ4v) is 1.90. The number of amides is 1. The molecule has 2 atom stereocenters. The van der Waals surface area contributed by atoms with Gasteiger partial charge in [-0.05, 0) is 46.6 Å². The zero-order chi connectivity index (χ0) is 11.6. The number of carbonyl (C=O) groups is 1. The highest BCUT2D eigenvalue weighted by molar-refractivity contribution is 5.69. The number of hydrogen-bond acceptors (Lipinski definition) is 3. The van der Waals surface area contributed by atoms with E-state index in [1.165, 1.54) is 0 Å². The first-order chi connectivity index (χ1) is 6.85. The van der Waals surface area contributed by atoms with Gasteiger partial charge in [-0.2, -0.15) is 0 Å². The number of rotatable bonds is 1. The second-order valence-electron chi connectivity index (χ2n) is 5.20. The molecule has 1 aliphatic rings. The van der Waals surface area contributed by atoms with Crippen LogP contribution in [0.2, 0.25) is 0 Å². The molecule has 0 bridgehead atoms. The van der Waals surface area contributed by atoms with Crippen molar-refractivity contribution in [2.24, 2.45) is 11.7 Å². The van der Waals surface area contributed by atoms with Gasteiger partial charge >= 0.3 is 6.09 Å². The van der Waals surface area contributed by atoms with Gasteiger partial charge in [-0.1, -0.05) is 0 Å². The van der Waals surface area contributed by atoms with E-state index in [1.54, 1.807) is 4.90 Å². The van der Waals surface area contributed by atoms with Crippen molar-refractivity contribution in [3.63, 3.8) is 0 Å². The summed E-state index contributed by atoms with van der Waals surface area (Å²) in [5.41, 5.74) is 5.22. The van der Waals surface area contributed by atoms with Gasteiger partial charge in [-0.3, -0.25) is 0 Å². The zero-order valence-corrected chi connectivity index (χ0v) is 10.1. The fourth-order valence-electron chi connectivity index (χ4n) is 1.90. The molecule has 0 aliphatic carbocycles. The van der Waals surface area contributed by atoms with Gasteiger partial charge in [0.15, 0.2) is 0 Å². The van der Waals surface area contributed by atoms with Crippen molar-refractivity contribution < 1.29 is 9.53 Å². The molecule has 1 rings (SSSR count). The van der Waals surface area contributed by atoms with Crippen molar-refractivity contribution >= 4 is 6.09 Å². The van der Waals surface area contributed by atoms with Gasteiger partial charge in [0.1, 0.15) is 5.60 Å². The Morgan fingerprint density at radius 1 is 1.53 bits per heavy atom. The summed E-state index contributed by atoms with van der Waals surface area (Å²) in [6.07, 6.45) is 0.766. The van der Waals surface area contributed by atoms with Gasteiger partial charge in [-0.25, -0.2) is 4.79 Å².